The van der Waals surface area contributed by atoms with Crippen LogP contribution in [0.1, 0.15) is 0 Å². The van der Waals surface area contributed by atoms with Gasteiger partial charge in [-0.15, -0.1) is 12.4 Å². The number of aliphatic hydroxyl groups excluding tert-OH is 1. The fourth-order valence-corrected chi connectivity index (χ4v) is 0.0900. The SMILES string of the molecule is Cl.NC(=O)[C@@H](N)CO. The molecule has 0 saturated carbocycles. The van der Waals surface area contributed by atoms with E-state index in [9.17, 15) is 4.79 Å². The molecule has 0 bridgehead atoms. The summed E-state index contributed by atoms with van der Waals surface area (Å²) in [7, 11) is 0. The Bertz CT molecular complexity index is 77.7. The number of carbonyl (C=O) groups is 1. The van der Waals surface area contributed by atoms with Gasteiger partial charge in [0, 0.05) is 0 Å². The van der Waals surface area contributed by atoms with Crippen LogP contribution in [0.2, 0.25) is 0 Å². The Morgan fingerprint density at radius 1 is 1.75 bits per heavy atom. The van der Waals surface area contributed by atoms with Crippen LogP contribution in [-0.2, 0) is 4.79 Å². The standard InChI is InChI=1S/C3H8N2O2.ClH/c4-2(1-6)3(5)7;/h2,6H,1,4H2,(H2,5,7);1H/t2-;/m0./s1. The van der Waals surface area contributed by atoms with Crippen LogP contribution in [0.5, 0.6) is 0 Å². The second-order valence-corrected chi connectivity index (χ2v) is 1.19. The van der Waals surface area contributed by atoms with Crippen molar-refractivity contribution in [3.63, 3.8) is 0 Å². The molecule has 0 aromatic heterocycles. The molecule has 0 aliphatic rings. The van der Waals surface area contributed by atoms with Gasteiger partial charge in [-0.25, -0.2) is 0 Å². The molecule has 0 heterocycles. The molecular weight excluding hydrogens is 131 g/mol. The summed E-state index contributed by atoms with van der Waals surface area (Å²) in [6.07, 6.45) is 0. The van der Waals surface area contributed by atoms with Crippen molar-refractivity contribution in [2.75, 3.05) is 6.61 Å². The molecule has 0 unspecified atom stereocenters. The average molecular weight is 141 g/mol. The fraction of sp³-hybridized carbons (Fsp3) is 0.667. The van der Waals surface area contributed by atoms with Crippen molar-refractivity contribution in [2.24, 2.45) is 11.5 Å². The van der Waals surface area contributed by atoms with E-state index in [2.05, 4.69) is 5.73 Å². The summed E-state index contributed by atoms with van der Waals surface area (Å²) in [6.45, 7) is -0.380. The molecule has 1 amide bonds. The number of hydrogen-bond donors (Lipinski definition) is 3. The minimum atomic E-state index is -0.903. The molecule has 0 fully saturated rings. The molecule has 0 saturated heterocycles. The van der Waals surface area contributed by atoms with E-state index in [1.807, 2.05) is 0 Å². The Balaban J connectivity index is 0. The first kappa shape index (κ1) is 10.6. The molecule has 0 rings (SSSR count). The molecule has 0 spiro atoms. The summed E-state index contributed by atoms with van der Waals surface area (Å²) in [5, 5.41) is 8.08. The maximum absolute atomic E-state index is 9.87. The van der Waals surface area contributed by atoms with Crippen molar-refractivity contribution >= 4 is 18.3 Å². The smallest absolute Gasteiger partial charge is 0.236 e. The number of nitrogens with two attached hydrogens (primary N) is 2. The molecule has 0 aliphatic heterocycles. The van der Waals surface area contributed by atoms with Crippen LogP contribution in [0.25, 0.3) is 0 Å². The summed E-state index contributed by atoms with van der Waals surface area (Å²) in [6, 6.07) is -0.903. The largest absolute Gasteiger partial charge is 0.394 e. The monoisotopic (exact) mass is 140 g/mol. The molecule has 8 heavy (non-hydrogen) atoms. The van der Waals surface area contributed by atoms with Crippen molar-refractivity contribution in [2.45, 2.75) is 6.04 Å². The first-order valence-electron chi connectivity index (χ1n) is 1.84. The Hall–Kier alpha value is -0.320. The van der Waals surface area contributed by atoms with Gasteiger partial charge >= 0.3 is 0 Å². The third kappa shape index (κ3) is 3.86. The van der Waals surface area contributed by atoms with E-state index >= 15 is 0 Å². The van der Waals surface area contributed by atoms with Gasteiger partial charge in [-0.2, -0.15) is 0 Å². The number of hydrogen-bond acceptors (Lipinski definition) is 3. The molecule has 5 N–H and O–H groups in total. The topological polar surface area (TPSA) is 89.3 Å². The highest BCUT2D eigenvalue weighted by molar-refractivity contribution is 5.85. The van der Waals surface area contributed by atoms with Crippen LogP contribution in [-0.4, -0.2) is 23.7 Å². The average Bonchev–Trinajstić information content (AvgIpc) is 1.65. The van der Waals surface area contributed by atoms with Crippen LogP contribution in [0, 0.1) is 0 Å². The highest BCUT2D eigenvalue weighted by atomic mass is 35.5. The first-order chi connectivity index (χ1) is 3.18. The third-order valence-electron chi connectivity index (χ3n) is 0.562. The molecule has 5 heteroatoms. The molecule has 0 aromatic rings. The second kappa shape index (κ2) is 4.83. The zero-order valence-electron chi connectivity index (χ0n) is 4.20. The molecule has 1 atom stereocenters. The van der Waals surface area contributed by atoms with E-state index < -0.39 is 11.9 Å². The Morgan fingerprint density at radius 3 is 2.12 bits per heavy atom. The predicted molar refractivity (Wildman–Crippen MR) is 31.5 cm³/mol. The molecule has 0 aromatic carbocycles. The van der Waals surface area contributed by atoms with Crippen LogP contribution >= 0.6 is 12.4 Å². The van der Waals surface area contributed by atoms with Crippen molar-refractivity contribution in [3.05, 3.63) is 0 Å². The second-order valence-electron chi connectivity index (χ2n) is 1.19. The molecule has 4 nitrogen and oxygen atoms in total. The minimum Gasteiger partial charge on any atom is -0.394 e. The van der Waals surface area contributed by atoms with Gasteiger partial charge in [-0.1, -0.05) is 0 Å². The van der Waals surface area contributed by atoms with Crippen molar-refractivity contribution < 1.29 is 9.90 Å². The normalized spacial score (nSPS) is 11.8. The van der Waals surface area contributed by atoms with E-state index in [-0.39, 0.29) is 19.0 Å². The lowest BCUT2D eigenvalue weighted by Gasteiger charge is -1.97. The van der Waals surface area contributed by atoms with Gasteiger partial charge in [0.05, 0.1) is 6.61 Å². The summed E-state index contributed by atoms with van der Waals surface area (Å²) < 4.78 is 0. The lowest BCUT2D eigenvalue weighted by atomic mass is 10.3. The molecule has 50 valence electrons. The van der Waals surface area contributed by atoms with E-state index in [4.69, 9.17) is 10.8 Å². The van der Waals surface area contributed by atoms with Gasteiger partial charge in [-0.05, 0) is 0 Å². The summed E-state index contributed by atoms with van der Waals surface area (Å²) in [5.41, 5.74) is 9.51. The highest BCUT2D eigenvalue weighted by Gasteiger charge is 2.04. The van der Waals surface area contributed by atoms with Gasteiger partial charge < -0.3 is 16.6 Å². The maximum Gasteiger partial charge on any atom is 0.236 e. The summed E-state index contributed by atoms with van der Waals surface area (Å²) in [5.74, 6) is -0.678. The van der Waals surface area contributed by atoms with E-state index in [1.54, 1.807) is 0 Å². The number of aliphatic hydroxyl groups is 1. The first-order valence-corrected chi connectivity index (χ1v) is 1.84. The van der Waals surface area contributed by atoms with Gasteiger partial charge in [0.2, 0.25) is 5.91 Å². The van der Waals surface area contributed by atoms with Crippen molar-refractivity contribution in [1.82, 2.24) is 0 Å². The quantitative estimate of drug-likeness (QED) is 0.423. The van der Waals surface area contributed by atoms with Gasteiger partial charge in [-0.3, -0.25) is 4.79 Å². The van der Waals surface area contributed by atoms with Crippen LogP contribution in [0.3, 0.4) is 0 Å². The Labute approximate surface area is 53.3 Å². The lowest BCUT2D eigenvalue weighted by molar-refractivity contribution is -0.119. The third-order valence-corrected chi connectivity index (χ3v) is 0.562. The van der Waals surface area contributed by atoms with Crippen molar-refractivity contribution in [1.29, 1.82) is 0 Å². The number of amides is 1. The number of rotatable bonds is 2. The zero-order valence-corrected chi connectivity index (χ0v) is 5.02. The zero-order chi connectivity index (χ0) is 5.86. The molecular formula is C3H9ClN2O2. The summed E-state index contributed by atoms with van der Waals surface area (Å²) in [4.78, 5) is 9.87. The molecule has 0 radical (unpaired) electrons. The van der Waals surface area contributed by atoms with Gasteiger partial charge in [0.15, 0.2) is 0 Å². The Morgan fingerprint density at radius 2 is 2.12 bits per heavy atom. The number of carbonyl (C=O) groups excluding carboxylic acids is 1. The van der Waals surface area contributed by atoms with Crippen LogP contribution < -0.4 is 11.5 Å². The Kier molecular flexibility index (Phi) is 6.41. The lowest BCUT2D eigenvalue weighted by Crippen LogP contribution is -2.39. The molecule has 0 aliphatic carbocycles. The fourth-order valence-electron chi connectivity index (χ4n) is 0.0900. The van der Waals surface area contributed by atoms with Gasteiger partial charge in [0.25, 0.3) is 0 Å². The van der Waals surface area contributed by atoms with Crippen molar-refractivity contribution in [3.8, 4) is 0 Å². The summed E-state index contributed by atoms with van der Waals surface area (Å²) >= 11 is 0. The maximum atomic E-state index is 9.87. The number of primary amides is 1. The van der Waals surface area contributed by atoms with E-state index in [0.717, 1.165) is 0 Å². The van der Waals surface area contributed by atoms with E-state index in [0.29, 0.717) is 0 Å². The minimum absolute atomic E-state index is 0. The van der Waals surface area contributed by atoms with Crippen LogP contribution in [0.15, 0.2) is 0 Å². The predicted octanol–water partition coefficient (Wildman–Crippen LogP) is -1.79. The number of halogens is 1. The highest BCUT2D eigenvalue weighted by Crippen LogP contribution is 1.67. The van der Waals surface area contributed by atoms with Gasteiger partial charge in [0.1, 0.15) is 6.04 Å². The van der Waals surface area contributed by atoms with E-state index in [1.165, 1.54) is 0 Å². The van der Waals surface area contributed by atoms with Crippen LogP contribution in [0.4, 0.5) is 0 Å².